The van der Waals surface area contributed by atoms with Crippen LogP contribution in [-0.4, -0.2) is 44.3 Å². The predicted molar refractivity (Wildman–Crippen MR) is 154 cm³/mol. The van der Waals surface area contributed by atoms with Crippen LogP contribution in [0.15, 0.2) is 82.2 Å². The fourth-order valence-corrected chi connectivity index (χ4v) is 5.60. The van der Waals surface area contributed by atoms with Crippen LogP contribution in [0, 0.1) is 12.7 Å². The molecule has 1 N–H and O–H groups in total. The van der Waals surface area contributed by atoms with Gasteiger partial charge in [-0.1, -0.05) is 71.2 Å². The lowest BCUT2D eigenvalue weighted by molar-refractivity contribution is -0.139. The predicted octanol–water partition coefficient (Wildman–Crippen LogP) is 5.43. The second-order valence-corrected chi connectivity index (χ2v) is 12.0. The number of rotatable bonds is 12. The first-order valence-corrected chi connectivity index (χ1v) is 14.9. The number of carbonyl (C=O) groups excluding carboxylic acids is 2. The average Bonchev–Trinajstić information content (AvgIpc) is 2.91. The number of amides is 2. The SMILES string of the molecule is CCCCNC(=O)[C@H](C)N(Cc1ccc(Br)cc1)C(=O)CN(c1ccccc1F)S(=O)(=O)c1ccc(C)cc1. The van der Waals surface area contributed by atoms with Crippen LogP contribution in [0.2, 0.25) is 0 Å². The summed E-state index contributed by atoms with van der Waals surface area (Å²) in [4.78, 5) is 28.0. The first kappa shape index (κ1) is 30.3. The second kappa shape index (κ2) is 13.7. The quantitative estimate of drug-likeness (QED) is 0.275. The number of para-hydroxylation sites is 1. The number of benzene rings is 3. The van der Waals surface area contributed by atoms with Crippen molar-refractivity contribution >= 4 is 43.5 Å². The maximum Gasteiger partial charge on any atom is 0.264 e. The van der Waals surface area contributed by atoms with Gasteiger partial charge in [0, 0.05) is 17.6 Å². The molecule has 0 aliphatic rings. The number of carbonyl (C=O) groups is 2. The Morgan fingerprint density at radius 3 is 2.26 bits per heavy atom. The highest BCUT2D eigenvalue weighted by atomic mass is 79.9. The van der Waals surface area contributed by atoms with Crippen molar-refractivity contribution in [3.05, 3.63) is 94.2 Å². The lowest BCUT2D eigenvalue weighted by Gasteiger charge is -2.32. The van der Waals surface area contributed by atoms with Crippen molar-refractivity contribution in [3.63, 3.8) is 0 Å². The van der Waals surface area contributed by atoms with Crippen LogP contribution in [0.5, 0.6) is 0 Å². The van der Waals surface area contributed by atoms with E-state index in [0.717, 1.165) is 38.8 Å². The Hall–Kier alpha value is -3.24. The molecule has 208 valence electrons. The van der Waals surface area contributed by atoms with Gasteiger partial charge in [-0.3, -0.25) is 13.9 Å². The Morgan fingerprint density at radius 2 is 1.64 bits per heavy atom. The zero-order chi connectivity index (χ0) is 28.6. The van der Waals surface area contributed by atoms with E-state index in [1.807, 2.05) is 38.1 Å². The summed E-state index contributed by atoms with van der Waals surface area (Å²) in [5, 5.41) is 2.84. The van der Waals surface area contributed by atoms with E-state index in [-0.39, 0.29) is 23.0 Å². The van der Waals surface area contributed by atoms with E-state index < -0.39 is 34.3 Å². The first-order valence-electron chi connectivity index (χ1n) is 12.7. The molecule has 0 bridgehead atoms. The monoisotopic (exact) mass is 617 g/mol. The summed E-state index contributed by atoms with van der Waals surface area (Å²) in [6.45, 7) is 5.25. The molecular weight excluding hydrogens is 585 g/mol. The number of aryl methyl sites for hydroxylation is 1. The van der Waals surface area contributed by atoms with E-state index in [0.29, 0.717) is 6.54 Å². The van der Waals surface area contributed by atoms with E-state index >= 15 is 0 Å². The number of anilines is 1. The number of halogens is 2. The number of hydrogen-bond donors (Lipinski definition) is 1. The van der Waals surface area contributed by atoms with Gasteiger partial charge in [0.05, 0.1) is 10.6 Å². The number of nitrogens with one attached hydrogen (secondary N) is 1. The van der Waals surface area contributed by atoms with Gasteiger partial charge in [-0.05, 0) is 62.2 Å². The summed E-state index contributed by atoms with van der Waals surface area (Å²) in [5.74, 6) is -1.78. The molecule has 3 aromatic rings. The van der Waals surface area contributed by atoms with E-state index in [1.165, 1.54) is 35.2 Å². The maximum absolute atomic E-state index is 14.9. The van der Waals surface area contributed by atoms with Crippen molar-refractivity contribution in [3.8, 4) is 0 Å². The fourth-order valence-electron chi connectivity index (χ4n) is 3.91. The van der Waals surface area contributed by atoms with Gasteiger partial charge in [0.1, 0.15) is 18.4 Å². The van der Waals surface area contributed by atoms with Crippen LogP contribution in [0.25, 0.3) is 0 Å². The van der Waals surface area contributed by atoms with Gasteiger partial charge in [0.15, 0.2) is 0 Å². The molecule has 7 nitrogen and oxygen atoms in total. The van der Waals surface area contributed by atoms with Crippen molar-refractivity contribution in [2.24, 2.45) is 0 Å². The van der Waals surface area contributed by atoms with Crippen molar-refractivity contribution < 1.29 is 22.4 Å². The van der Waals surface area contributed by atoms with Gasteiger partial charge < -0.3 is 10.2 Å². The van der Waals surface area contributed by atoms with Gasteiger partial charge >= 0.3 is 0 Å². The Kier molecular flexibility index (Phi) is 10.7. The van der Waals surface area contributed by atoms with Crippen molar-refractivity contribution in [2.45, 2.75) is 51.1 Å². The molecule has 10 heteroatoms. The molecule has 0 spiro atoms. The first-order chi connectivity index (χ1) is 18.5. The summed E-state index contributed by atoms with van der Waals surface area (Å²) < 4.78 is 44.0. The van der Waals surface area contributed by atoms with Crippen molar-refractivity contribution in [1.29, 1.82) is 0 Å². The summed E-state index contributed by atoms with van der Waals surface area (Å²) in [7, 11) is -4.32. The molecular formula is C29H33BrFN3O4S. The third kappa shape index (κ3) is 7.89. The Labute approximate surface area is 238 Å². The Balaban J connectivity index is 2.00. The van der Waals surface area contributed by atoms with Crippen LogP contribution in [0.4, 0.5) is 10.1 Å². The summed E-state index contributed by atoms with van der Waals surface area (Å²) in [5.41, 5.74) is 1.35. The number of sulfonamides is 1. The highest BCUT2D eigenvalue weighted by molar-refractivity contribution is 9.10. The molecule has 2 amide bonds. The lowest BCUT2D eigenvalue weighted by atomic mass is 10.1. The van der Waals surface area contributed by atoms with Crippen LogP contribution in [-0.2, 0) is 26.2 Å². The number of hydrogen-bond acceptors (Lipinski definition) is 4. The van der Waals surface area contributed by atoms with Crippen LogP contribution in [0.3, 0.4) is 0 Å². The third-order valence-electron chi connectivity index (χ3n) is 6.27. The average molecular weight is 619 g/mol. The van der Waals surface area contributed by atoms with E-state index in [1.54, 1.807) is 19.1 Å². The van der Waals surface area contributed by atoms with Crippen molar-refractivity contribution in [2.75, 3.05) is 17.4 Å². The van der Waals surface area contributed by atoms with E-state index in [2.05, 4.69) is 21.2 Å². The topological polar surface area (TPSA) is 86.8 Å². The third-order valence-corrected chi connectivity index (χ3v) is 8.57. The zero-order valence-electron chi connectivity index (χ0n) is 22.2. The summed E-state index contributed by atoms with van der Waals surface area (Å²) >= 11 is 3.39. The smallest absolute Gasteiger partial charge is 0.264 e. The van der Waals surface area contributed by atoms with Gasteiger partial charge in [-0.25, -0.2) is 12.8 Å². The normalized spacial score (nSPS) is 12.0. The molecule has 0 aromatic heterocycles. The molecule has 3 aromatic carbocycles. The molecule has 0 heterocycles. The molecule has 39 heavy (non-hydrogen) atoms. The van der Waals surface area contributed by atoms with Crippen LogP contribution in [0.1, 0.15) is 37.8 Å². The molecule has 1 atom stereocenters. The largest absolute Gasteiger partial charge is 0.354 e. The molecule has 0 saturated carbocycles. The number of unbranched alkanes of at least 4 members (excludes halogenated alkanes) is 1. The van der Waals surface area contributed by atoms with E-state index in [4.69, 9.17) is 0 Å². The van der Waals surface area contributed by atoms with Crippen LogP contribution >= 0.6 is 15.9 Å². The van der Waals surface area contributed by atoms with E-state index in [9.17, 15) is 22.4 Å². The molecule has 0 saturated heterocycles. The number of nitrogens with zero attached hydrogens (tertiary/aromatic N) is 2. The standard InChI is InChI=1S/C29H33BrFN3O4S/c1-4-5-18-32-29(36)22(3)33(19-23-12-14-24(30)15-13-23)28(35)20-34(27-9-7-6-8-26(27)31)39(37,38)25-16-10-21(2)11-17-25/h6-17,22H,4-5,18-20H2,1-3H3,(H,32,36)/t22-/m0/s1. The fraction of sp³-hybridized carbons (Fsp3) is 0.310. The highest BCUT2D eigenvalue weighted by Crippen LogP contribution is 2.27. The second-order valence-electron chi connectivity index (χ2n) is 9.24. The summed E-state index contributed by atoms with van der Waals surface area (Å²) in [6, 6.07) is 17.9. The molecule has 0 fully saturated rings. The Bertz CT molecular complexity index is 1380. The minimum absolute atomic E-state index is 0.0597. The molecule has 0 unspecified atom stereocenters. The minimum Gasteiger partial charge on any atom is -0.354 e. The lowest BCUT2D eigenvalue weighted by Crippen LogP contribution is -2.51. The minimum atomic E-state index is -4.32. The van der Waals surface area contributed by atoms with Gasteiger partial charge in [-0.15, -0.1) is 0 Å². The van der Waals surface area contributed by atoms with Gasteiger partial charge in [0.25, 0.3) is 10.0 Å². The Morgan fingerprint density at radius 1 is 1.00 bits per heavy atom. The van der Waals surface area contributed by atoms with Gasteiger partial charge in [-0.2, -0.15) is 0 Å². The maximum atomic E-state index is 14.9. The zero-order valence-corrected chi connectivity index (χ0v) is 24.6. The molecule has 0 radical (unpaired) electrons. The van der Waals surface area contributed by atoms with Gasteiger partial charge in [0.2, 0.25) is 11.8 Å². The molecule has 0 aliphatic heterocycles. The van der Waals surface area contributed by atoms with Crippen LogP contribution < -0.4 is 9.62 Å². The summed E-state index contributed by atoms with van der Waals surface area (Å²) in [6.07, 6.45) is 1.68. The highest BCUT2D eigenvalue weighted by Gasteiger charge is 2.33. The molecule has 3 rings (SSSR count). The van der Waals surface area contributed by atoms with Crippen molar-refractivity contribution in [1.82, 2.24) is 10.2 Å². The molecule has 0 aliphatic carbocycles.